The van der Waals surface area contributed by atoms with Crippen LogP contribution in [0.2, 0.25) is 0 Å². The van der Waals surface area contributed by atoms with Crippen LogP contribution in [0.15, 0.2) is 50.4 Å². The lowest BCUT2D eigenvalue weighted by atomic mass is 10.2. The minimum atomic E-state index is -0.181. The predicted molar refractivity (Wildman–Crippen MR) is 99.7 cm³/mol. The molecule has 1 saturated heterocycles. The van der Waals surface area contributed by atoms with Crippen molar-refractivity contribution in [1.82, 2.24) is 0 Å². The van der Waals surface area contributed by atoms with Crippen LogP contribution in [0, 0.1) is 0 Å². The van der Waals surface area contributed by atoms with Crippen molar-refractivity contribution in [3.05, 3.63) is 51.7 Å². The molecule has 0 atom stereocenters. The molecule has 1 fully saturated rings. The number of hydrogen-bond donors (Lipinski definition) is 0. The number of thioether (sulfide) groups is 1. The number of halogens is 1. The average molecular weight is 410 g/mol. The van der Waals surface area contributed by atoms with Crippen molar-refractivity contribution in [3.63, 3.8) is 0 Å². The number of benzene rings is 1. The van der Waals surface area contributed by atoms with E-state index in [0.29, 0.717) is 37.7 Å². The molecular formula is C16H12BrNO3S2. The van der Waals surface area contributed by atoms with E-state index in [1.807, 2.05) is 31.2 Å². The second-order valence-corrected chi connectivity index (χ2v) is 7.02. The summed E-state index contributed by atoms with van der Waals surface area (Å²) in [5.41, 5.74) is 0.654. The fourth-order valence-electron chi connectivity index (χ4n) is 2.13. The Morgan fingerprint density at radius 1 is 1.35 bits per heavy atom. The second-order valence-electron chi connectivity index (χ2n) is 4.56. The molecule has 1 amide bonds. The van der Waals surface area contributed by atoms with Crippen LogP contribution < -0.4 is 9.64 Å². The van der Waals surface area contributed by atoms with Crippen LogP contribution in [-0.2, 0) is 4.79 Å². The molecule has 0 bridgehead atoms. The minimum absolute atomic E-state index is 0.181. The predicted octanol–water partition coefficient (Wildman–Crippen LogP) is 4.85. The molecular weight excluding hydrogens is 398 g/mol. The smallest absolute Gasteiger partial charge is 0.271 e. The molecule has 7 heteroatoms. The van der Waals surface area contributed by atoms with Crippen LogP contribution in [0.4, 0.5) is 5.69 Å². The summed E-state index contributed by atoms with van der Waals surface area (Å²) in [7, 11) is 0. The quantitative estimate of drug-likeness (QED) is 0.533. The van der Waals surface area contributed by atoms with Gasteiger partial charge in [-0.1, -0.05) is 36.1 Å². The first-order valence-corrected chi connectivity index (χ1v) is 8.87. The maximum atomic E-state index is 12.7. The molecule has 2 aromatic rings. The number of rotatable bonds is 4. The number of nitrogens with zero attached hydrogens (tertiary/aromatic N) is 1. The number of carbonyl (C=O) groups excluding carboxylic acids is 1. The maximum Gasteiger partial charge on any atom is 0.271 e. The summed E-state index contributed by atoms with van der Waals surface area (Å²) >= 11 is 9.86. The Kier molecular flexibility index (Phi) is 4.89. The number of ether oxygens (including phenoxy) is 1. The zero-order chi connectivity index (χ0) is 16.4. The number of amides is 1. The molecule has 1 aromatic carbocycles. The van der Waals surface area contributed by atoms with Crippen LogP contribution in [0.25, 0.3) is 6.08 Å². The molecule has 4 nitrogen and oxygen atoms in total. The van der Waals surface area contributed by atoms with Crippen molar-refractivity contribution in [3.8, 4) is 5.75 Å². The number of carbonyl (C=O) groups is 1. The van der Waals surface area contributed by atoms with E-state index in [1.165, 1.54) is 16.7 Å². The molecule has 0 unspecified atom stereocenters. The molecule has 0 saturated carbocycles. The summed E-state index contributed by atoms with van der Waals surface area (Å²) in [5, 5.41) is 0. The third-order valence-corrected chi connectivity index (χ3v) is 4.80. The van der Waals surface area contributed by atoms with E-state index in [2.05, 4.69) is 15.9 Å². The molecule has 23 heavy (non-hydrogen) atoms. The van der Waals surface area contributed by atoms with Crippen LogP contribution >= 0.6 is 39.9 Å². The minimum Gasteiger partial charge on any atom is -0.492 e. The highest BCUT2D eigenvalue weighted by atomic mass is 79.9. The number of para-hydroxylation sites is 2. The molecule has 0 spiro atoms. The van der Waals surface area contributed by atoms with Gasteiger partial charge in [0.25, 0.3) is 5.91 Å². The van der Waals surface area contributed by atoms with E-state index in [4.69, 9.17) is 21.4 Å². The highest BCUT2D eigenvalue weighted by Gasteiger charge is 2.35. The Morgan fingerprint density at radius 2 is 2.13 bits per heavy atom. The SMILES string of the molecule is CCOc1ccccc1N1C(=O)/C(=C/c2ccc(Br)o2)SC1=S. The topological polar surface area (TPSA) is 42.7 Å². The largest absolute Gasteiger partial charge is 0.492 e. The van der Waals surface area contributed by atoms with E-state index >= 15 is 0 Å². The van der Waals surface area contributed by atoms with Crippen LogP contribution in [0.3, 0.4) is 0 Å². The van der Waals surface area contributed by atoms with Gasteiger partial charge in [-0.3, -0.25) is 9.69 Å². The molecule has 3 rings (SSSR count). The number of furan rings is 1. The van der Waals surface area contributed by atoms with Crippen LogP contribution in [-0.4, -0.2) is 16.8 Å². The molecule has 0 N–H and O–H groups in total. The number of hydrogen-bond acceptors (Lipinski definition) is 5. The van der Waals surface area contributed by atoms with Gasteiger partial charge < -0.3 is 9.15 Å². The van der Waals surface area contributed by atoms with Gasteiger partial charge in [0.1, 0.15) is 11.5 Å². The van der Waals surface area contributed by atoms with E-state index in [9.17, 15) is 4.79 Å². The van der Waals surface area contributed by atoms with Gasteiger partial charge in [-0.05, 0) is 47.1 Å². The zero-order valence-corrected chi connectivity index (χ0v) is 15.3. The van der Waals surface area contributed by atoms with Crippen molar-refractivity contribution >= 4 is 61.9 Å². The third kappa shape index (κ3) is 3.36. The van der Waals surface area contributed by atoms with Crippen molar-refractivity contribution in [2.24, 2.45) is 0 Å². The van der Waals surface area contributed by atoms with Gasteiger partial charge in [-0.2, -0.15) is 0 Å². The van der Waals surface area contributed by atoms with E-state index in [0.717, 1.165) is 0 Å². The van der Waals surface area contributed by atoms with Gasteiger partial charge in [0.2, 0.25) is 0 Å². The lowest BCUT2D eigenvalue weighted by Crippen LogP contribution is -2.28. The van der Waals surface area contributed by atoms with Crippen LogP contribution in [0.5, 0.6) is 5.75 Å². The molecule has 1 aromatic heterocycles. The van der Waals surface area contributed by atoms with E-state index in [1.54, 1.807) is 18.2 Å². The Labute approximate surface area is 151 Å². The first kappa shape index (κ1) is 16.3. The first-order chi connectivity index (χ1) is 11.1. The monoisotopic (exact) mass is 409 g/mol. The maximum absolute atomic E-state index is 12.7. The van der Waals surface area contributed by atoms with Crippen molar-refractivity contribution in [1.29, 1.82) is 0 Å². The van der Waals surface area contributed by atoms with Crippen molar-refractivity contribution in [2.75, 3.05) is 11.5 Å². The van der Waals surface area contributed by atoms with E-state index < -0.39 is 0 Å². The van der Waals surface area contributed by atoms with Crippen LogP contribution in [0.1, 0.15) is 12.7 Å². The van der Waals surface area contributed by atoms with Gasteiger partial charge in [-0.25, -0.2) is 0 Å². The fraction of sp³-hybridized carbons (Fsp3) is 0.125. The normalized spacial score (nSPS) is 16.4. The van der Waals surface area contributed by atoms with Gasteiger partial charge >= 0.3 is 0 Å². The fourth-order valence-corrected chi connectivity index (χ4v) is 3.71. The Hall–Kier alpha value is -1.57. The lowest BCUT2D eigenvalue weighted by Gasteiger charge is -2.18. The summed E-state index contributed by atoms with van der Waals surface area (Å²) in [6.07, 6.45) is 1.69. The number of anilines is 1. The van der Waals surface area contributed by atoms with Gasteiger partial charge in [0, 0.05) is 6.08 Å². The highest BCUT2D eigenvalue weighted by molar-refractivity contribution is 9.10. The molecule has 118 valence electrons. The summed E-state index contributed by atoms with van der Waals surface area (Å²) in [6.45, 7) is 2.41. The molecule has 1 aliphatic rings. The summed E-state index contributed by atoms with van der Waals surface area (Å²) < 4.78 is 12.1. The highest BCUT2D eigenvalue weighted by Crippen LogP contribution is 2.40. The third-order valence-electron chi connectivity index (χ3n) is 3.07. The second kappa shape index (κ2) is 6.90. The summed E-state index contributed by atoms with van der Waals surface area (Å²) in [4.78, 5) is 14.7. The Morgan fingerprint density at radius 3 is 2.83 bits per heavy atom. The van der Waals surface area contributed by atoms with Crippen molar-refractivity contribution < 1.29 is 13.9 Å². The lowest BCUT2D eigenvalue weighted by molar-refractivity contribution is -0.113. The molecule has 1 aliphatic heterocycles. The summed E-state index contributed by atoms with van der Waals surface area (Å²) in [6, 6.07) is 10.9. The molecule has 0 aliphatic carbocycles. The van der Waals surface area contributed by atoms with Gasteiger partial charge in [-0.15, -0.1) is 0 Å². The molecule has 0 radical (unpaired) electrons. The van der Waals surface area contributed by atoms with Gasteiger partial charge in [0.05, 0.1) is 17.2 Å². The first-order valence-electron chi connectivity index (χ1n) is 6.85. The van der Waals surface area contributed by atoms with Gasteiger partial charge in [0.15, 0.2) is 8.99 Å². The number of thiocarbonyl (C=S) groups is 1. The van der Waals surface area contributed by atoms with Crippen molar-refractivity contribution in [2.45, 2.75) is 6.92 Å². The Balaban J connectivity index is 1.95. The summed E-state index contributed by atoms with van der Waals surface area (Å²) in [5.74, 6) is 1.04. The Bertz CT molecular complexity index is 800. The van der Waals surface area contributed by atoms with E-state index in [-0.39, 0.29) is 5.91 Å². The zero-order valence-electron chi connectivity index (χ0n) is 12.1. The average Bonchev–Trinajstić information content (AvgIpc) is 3.05. The molecule has 2 heterocycles. The standard InChI is InChI=1S/C16H12BrNO3S2/c1-2-20-12-6-4-3-5-11(12)18-15(19)13(23-16(18)22)9-10-7-8-14(17)21-10/h3-9H,2H2,1H3/b13-9-.